The number of halogens is 1. The summed E-state index contributed by atoms with van der Waals surface area (Å²) in [6, 6.07) is 10.0. The number of hydrogen-bond acceptors (Lipinski definition) is 6. The lowest BCUT2D eigenvalue weighted by atomic mass is 9.77. The van der Waals surface area contributed by atoms with Gasteiger partial charge in [-0.25, -0.2) is 9.59 Å². The van der Waals surface area contributed by atoms with E-state index in [1.165, 1.54) is 26.0 Å². The van der Waals surface area contributed by atoms with Crippen molar-refractivity contribution in [2.75, 3.05) is 27.4 Å². The number of hydrogen-bond donors (Lipinski definition) is 2. The maximum atomic E-state index is 13.5. The predicted molar refractivity (Wildman–Crippen MR) is 139 cm³/mol. The van der Waals surface area contributed by atoms with Crippen LogP contribution >= 0.6 is 11.6 Å². The molecule has 3 rings (SSSR count). The van der Waals surface area contributed by atoms with E-state index in [0.717, 1.165) is 12.0 Å². The molecule has 2 aromatic carbocycles. The Balaban J connectivity index is 1.90. The largest absolute Gasteiger partial charge is 0.496 e. The van der Waals surface area contributed by atoms with Gasteiger partial charge in [-0.15, -0.1) is 0 Å². The molecule has 9 nitrogen and oxygen atoms in total. The van der Waals surface area contributed by atoms with Gasteiger partial charge in [-0.3, -0.25) is 4.79 Å². The molecular weight excluding hydrogens is 500 g/mol. The van der Waals surface area contributed by atoms with Crippen molar-refractivity contribution in [2.24, 2.45) is 0 Å². The summed E-state index contributed by atoms with van der Waals surface area (Å²) in [5.41, 5.74) is 0.379. The number of Topliss-reactive ketones (excluding diaryl/α,β-unsaturated/α-hetero) is 1. The molecule has 2 amide bonds. The first kappa shape index (κ1) is 28.3. The monoisotopic (exact) mass is 532 g/mol. The van der Waals surface area contributed by atoms with Crippen molar-refractivity contribution in [3.8, 4) is 11.5 Å². The molecule has 2 N–H and O–H groups in total. The van der Waals surface area contributed by atoms with E-state index in [9.17, 15) is 19.5 Å². The second-order valence-corrected chi connectivity index (χ2v) is 9.40. The van der Waals surface area contributed by atoms with Crippen LogP contribution in [0.1, 0.15) is 60.6 Å². The first-order chi connectivity index (χ1) is 17.6. The number of methoxy groups -OCH3 is 2. The lowest BCUT2D eigenvalue weighted by Crippen LogP contribution is -2.62. The molecule has 0 bridgehead atoms. The zero-order valence-electron chi connectivity index (χ0n) is 21.5. The van der Waals surface area contributed by atoms with Crippen LogP contribution in [0.15, 0.2) is 36.4 Å². The highest BCUT2D eigenvalue weighted by molar-refractivity contribution is 6.33. The Morgan fingerprint density at radius 1 is 1.16 bits per heavy atom. The molecule has 0 radical (unpaired) electrons. The van der Waals surface area contributed by atoms with Gasteiger partial charge >= 0.3 is 12.0 Å². The SMILES string of the molecule is COc1cc([C@@H](C)N(CCOCc2ccccc2)C(=O)NC2(C(=O)O)CCC2)c(Cl)c(OC)c1C(C)=O. The topological polar surface area (TPSA) is 114 Å². The molecule has 0 aromatic heterocycles. The van der Waals surface area contributed by atoms with Gasteiger partial charge in [0.2, 0.25) is 0 Å². The highest BCUT2D eigenvalue weighted by atomic mass is 35.5. The van der Waals surface area contributed by atoms with Gasteiger partial charge in [-0.2, -0.15) is 0 Å². The summed E-state index contributed by atoms with van der Waals surface area (Å²) in [5, 5.41) is 12.6. The Morgan fingerprint density at radius 3 is 2.35 bits per heavy atom. The smallest absolute Gasteiger partial charge is 0.329 e. The fourth-order valence-corrected chi connectivity index (χ4v) is 4.77. The van der Waals surface area contributed by atoms with E-state index in [0.29, 0.717) is 25.0 Å². The molecule has 1 atom stereocenters. The minimum absolute atomic E-state index is 0.150. The molecule has 1 aliphatic carbocycles. The van der Waals surface area contributed by atoms with Gasteiger partial charge in [0.05, 0.1) is 38.5 Å². The number of rotatable bonds is 12. The molecule has 10 heteroatoms. The van der Waals surface area contributed by atoms with E-state index in [1.807, 2.05) is 30.3 Å². The van der Waals surface area contributed by atoms with Crippen LogP contribution in [0.5, 0.6) is 11.5 Å². The fourth-order valence-electron chi connectivity index (χ4n) is 4.38. The number of amides is 2. The molecule has 2 aromatic rings. The molecule has 1 aliphatic rings. The first-order valence-electron chi connectivity index (χ1n) is 12.0. The van der Waals surface area contributed by atoms with Crippen molar-refractivity contribution in [1.29, 1.82) is 0 Å². The maximum absolute atomic E-state index is 13.5. The minimum atomic E-state index is -1.29. The van der Waals surface area contributed by atoms with Gasteiger partial charge in [0.25, 0.3) is 0 Å². The Morgan fingerprint density at radius 2 is 1.84 bits per heavy atom. The van der Waals surface area contributed by atoms with Gasteiger partial charge in [0.1, 0.15) is 16.9 Å². The molecule has 37 heavy (non-hydrogen) atoms. The summed E-state index contributed by atoms with van der Waals surface area (Å²) >= 11 is 6.68. The van der Waals surface area contributed by atoms with Crippen molar-refractivity contribution in [3.63, 3.8) is 0 Å². The number of ether oxygens (including phenoxy) is 3. The highest BCUT2D eigenvalue weighted by Crippen LogP contribution is 2.42. The van der Waals surface area contributed by atoms with E-state index in [1.54, 1.807) is 13.0 Å². The van der Waals surface area contributed by atoms with Gasteiger partial charge in [0, 0.05) is 12.1 Å². The van der Waals surface area contributed by atoms with Crippen molar-refractivity contribution in [1.82, 2.24) is 10.2 Å². The van der Waals surface area contributed by atoms with Gasteiger partial charge in [-0.1, -0.05) is 41.9 Å². The van der Waals surface area contributed by atoms with Crippen LogP contribution in [-0.4, -0.2) is 60.7 Å². The molecule has 200 valence electrons. The molecule has 0 saturated heterocycles. The Bertz CT molecular complexity index is 1140. The normalized spacial score (nSPS) is 14.7. The summed E-state index contributed by atoms with van der Waals surface area (Å²) < 4.78 is 16.7. The number of aliphatic carboxylic acids is 1. The lowest BCUT2D eigenvalue weighted by Gasteiger charge is -2.41. The summed E-state index contributed by atoms with van der Waals surface area (Å²) in [5.74, 6) is -0.936. The third kappa shape index (κ3) is 6.17. The third-order valence-electron chi connectivity index (χ3n) is 6.72. The standard InChI is InChI=1S/C27H33ClN2O7/c1-17(20-15-21(35-3)22(18(2)31)24(36-4)23(20)28)30(13-14-37-16-19-9-6-5-7-10-19)26(34)29-27(25(32)33)11-8-12-27/h5-7,9-10,15,17H,8,11-14,16H2,1-4H3,(H,29,34)(H,32,33)/t17-/m1/s1. The number of nitrogens with zero attached hydrogens (tertiary/aromatic N) is 1. The van der Waals surface area contributed by atoms with E-state index >= 15 is 0 Å². The van der Waals surface area contributed by atoms with Gasteiger partial charge < -0.3 is 29.5 Å². The van der Waals surface area contributed by atoms with E-state index in [2.05, 4.69) is 5.32 Å². The van der Waals surface area contributed by atoms with Crippen LogP contribution in [0.4, 0.5) is 4.79 Å². The number of benzene rings is 2. The van der Waals surface area contributed by atoms with E-state index in [4.69, 9.17) is 25.8 Å². The van der Waals surface area contributed by atoms with Gasteiger partial charge in [-0.05, 0) is 44.7 Å². The van der Waals surface area contributed by atoms with Crippen LogP contribution in [-0.2, 0) is 16.1 Å². The third-order valence-corrected chi connectivity index (χ3v) is 7.11. The van der Waals surface area contributed by atoms with E-state index < -0.39 is 23.6 Å². The average Bonchev–Trinajstić information content (AvgIpc) is 2.85. The highest BCUT2D eigenvalue weighted by Gasteiger charge is 2.46. The number of urea groups is 1. The second-order valence-electron chi connectivity index (χ2n) is 9.02. The van der Waals surface area contributed by atoms with Crippen molar-refractivity contribution >= 4 is 29.4 Å². The number of nitrogens with one attached hydrogen (secondary N) is 1. The number of carboxylic acids is 1. The average molecular weight is 533 g/mol. The summed E-state index contributed by atoms with van der Waals surface area (Å²) in [4.78, 5) is 39.1. The number of carbonyl (C=O) groups is 3. The Hall–Kier alpha value is -3.30. The molecule has 1 saturated carbocycles. The van der Waals surface area contributed by atoms with Crippen LogP contribution in [0, 0.1) is 0 Å². The van der Waals surface area contributed by atoms with Crippen LogP contribution in [0.2, 0.25) is 5.02 Å². The molecule has 0 spiro atoms. The zero-order chi connectivity index (χ0) is 27.2. The quantitative estimate of drug-likeness (QED) is 0.296. The van der Waals surface area contributed by atoms with Crippen LogP contribution in [0.3, 0.4) is 0 Å². The summed E-state index contributed by atoms with van der Waals surface area (Å²) in [6.07, 6.45) is 1.43. The van der Waals surface area contributed by atoms with Crippen LogP contribution in [0.25, 0.3) is 0 Å². The number of carbonyl (C=O) groups excluding carboxylic acids is 2. The van der Waals surface area contributed by atoms with Crippen molar-refractivity contribution in [2.45, 2.75) is 51.3 Å². The Labute approximate surface area is 221 Å². The summed E-state index contributed by atoms with van der Waals surface area (Å²) in [6.45, 7) is 3.86. The van der Waals surface area contributed by atoms with Crippen molar-refractivity contribution in [3.05, 3.63) is 58.1 Å². The summed E-state index contributed by atoms with van der Waals surface area (Å²) in [7, 11) is 2.83. The number of ketones is 1. The first-order valence-corrected chi connectivity index (χ1v) is 12.4. The second kappa shape index (κ2) is 12.3. The van der Waals surface area contributed by atoms with E-state index in [-0.39, 0.29) is 41.0 Å². The fraction of sp³-hybridized carbons (Fsp3) is 0.444. The Kier molecular flexibility index (Phi) is 9.39. The predicted octanol–water partition coefficient (Wildman–Crippen LogP) is 4.86. The van der Waals surface area contributed by atoms with Crippen molar-refractivity contribution < 1.29 is 33.7 Å². The lowest BCUT2D eigenvalue weighted by molar-refractivity contribution is -0.148. The number of carboxylic acid groups (broad SMARTS) is 1. The maximum Gasteiger partial charge on any atom is 0.329 e. The molecule has 1 fully saturated rings. The molecule has 0 unspecified atom stereocenters. The molecule has 0 aliphatic heterocycles. The van der Waals surface area contributed by atoms with Crippen LogP contribution < -0.4 is 14.8 Å². The molecular formula is C27H33ClN2O7. The minimum Gasteiger partial charge on any atom is -0.496 e. The van der Waals surface area contributed by atoms with Gasteiger partial charge in [0.15, 0.2) is 11.5 Å². The zero-order valence-corrected chi connectivity index (χ0v) is 22.3. The molecule has 0 heterocycles.